The Morgan fingerprint density at radius 3 is 1.96 bits per heavy atom. The topological polar surface area (TPSA) is 94.3 Å². The number of aromatic nitrogens is 1. The van der Waals surface area contributed by atoms with Gasteiger partial charge in [-0.05, 0) is 106 Å². The van der Waals surface area contributed by atoms with Gasteiger partial charge in [0.05, 0.1) is 40.5 Å². The molecule has 2 aromatic heterocycles. The lowest BCUT2D eigenvalue weighted by Gasteiger charge is -2.15. The average molecular weight is 768 g/mol. The summed E-state index contributed by atoms with van der Waals surface area (Å²) < 4.78 is 5.59. The van der Waals surface area contributed by atoms with Gasteiger partial charge in [-0.15, -0.1) is 0 Å². The molecule has 2 saturated heterocycles. The number of nitrogens with one attached hydrogen (secondary N) is 1. The number of nitrogens with zero attached hydrogens (tertiary/aromatic N) is 4. The maximum atomic E-state index is 13.8. The fourth-order valence-corrected chi connectivity index (χ4v) is 8.57. The fraction of sp³-hybridized carbons (Fsp3) is 0.0435. The van der Waals surface area contributed by atoms with Crippen LogP contribution in [0.2, 0.25) is 0 Å². The Morgan fingerprint density at radius 1 is 0.607 bits per heavy atom. The van der Waals surface area contributed by atoms with Crippen LogP contribution in [-0.2, 0) is 22.7 Å². The van der Waals surface area contributed by atoms with E-state index in [9.17, 15) is 9.59 Å². The van der Waals surface area contributed by atoms with Crippen molar-refractivity contribution < 1.29 is 14.0 Å². The quantitative estimate of drug-likeness (QED) is 0.148. The third-order valence-corrected chi connectivity index (χ3v) is 11.3. The Kier molecular flexibility index (Phi) is 9.79. The number of H-pyrrole nitrogens is 1. The normalized spacial score (nSPS) is 17.4. The van der Waals surface area contributed by atoms with Gasteiger partial charge in [0.2, 0.25) is 0 Å². The first-order chi connectivity index (χ1) is 27.5. The first kappa shape index (κ1) is 35.1. The van der Waals surface area contributed by atoms with Crippen LogP contribution in [0.4, 0.5) is 11.4 Å². The minimum atomic E-state index is -0.131. The number of fused-ring (bicyclic) bond motifs is 1. The SMILES string of the molecule is O=C1C(=Cc2ccccc2)SC(=Nc2cccc(-c3c[nH]c4ccc(C=C5SC(=Nc6ccccc6)N(Cc6ccco6)C5=O)cc34)c2)N1Cc1ccccc1. The lowest BCUT2D eigenvalue weighted by Crippen LogP contribution is -2.28. The van der Waals surface area contributed by atoms with Crippen molar-refractivity contribution in [1.82, 2.24) is 14.8 Å². The fourth-order valence-electron chi connectivity index (χ4n) is 6.57. The van der Waals surface area contributed by atoms with Crippen molar-refractivity contribution in [3.63, 3.8) is 0 Å². The molecular weight excluding hydrogens is 735 g/mol. The van der Waals surface area contributed by atoms with Crippen LogP contribution in [0.5, 0.6) is 0 Å². The minimum Gasteiger partial charge on any atom is -0.467 e. The maximum absolute atomic E-state index is 13.8. The second-order valence-electron chi connectivity index (χ2n) is 13.2. The molecule has 4 heterocycles. The number of hydrogen-bond donors (Lipinski definition) is 1. The Labute approximate surface area is 332 Å². The molecule has 0 atom stereocenters. The molecule has 7 aromatic rings. The van der Waals surface area contributed by atoms with Crippen molar-refractivity contribution in [3.05, 3.63) is 190 Å². The highest BCUT2D eigenvalue weighted by Crippen LogP contribution is 2.39. The maximum Gasteiger partial charge on any atom is 0.267 e. The van der Waals surface area contributed by atoms with Gasteiger partial charge < -0.3 is 9.40 Å². The van der Waals surface area contributed by atoms with E-state index >= 15 is 0 Å². The Hall–Kier alpha value is -6.62. The number of amidine groups is 2. The lowest BCUT2D eigenvalue weighted by molar-refractivity contribution is -0.123. The number of carbonyl (C=O) groups is 2. The second kappa shape index (κ2) is 15.6. The van der Waals surface area contributed by atoms with Crippen LogP contribution in [0, 0.1) is 0 Å². The van der Waals surface area contributed by atoms with Gasteiger partial charge in [0, 0.05) is 22.7 Å². The van der Waals surface area contributed by atoms with Crippen molar-refractivity contribution in [1.29, 1.82) is 0 Å². The van der Waals surface area contributed by atoms with E-state index in [2.05, 4.69) is 17.1 Å². The first-order valence-corrected chi connectivity index (χ1v) is 19.7. The van der Waals surface area contributed by atoms with Gasteiger partial charge in [-0.1, -0.05) is 97.1 Å². The van der Waals surface area contributed by atoms with Crippen molar-refractivity contribution >= 4 is 80.1 Å². The minimum absolute atomic E-state index is 0.0719. The monoisotopic (exact) mass is 767 g/mol. The molecule has 9 rings (SSSR count). The van der Waals surface area contributed by atoms with Crippen LogP contribution in [0.25, 0.3) is 34.2 Å². The summed E-state index contributed by atoms with van der Waals surface area (Å²) >= 11 is 2.74. The molecule has 0 unspecified atom stereocenters. The number of aromatic amines is 1. The Bertz CT molecular complexity index is 2690. The van der Waals surface area contributed by atoms with E-state index in [-0.39, 0.29) is 18.4 Å². The van der Waals surface area contributed by atoms with Crippen molar-refractivity contribution in [2.24, 2.45) is 9.98 Å². The van der Waals surface area contributed by atoms with Gasteiger partial charge >= 0.3 is 0 Å². The molecule has 5 aromatic carbocycles. The van der Waals surface area contributed by atoms with Crippen LogP contribution >= 0.6 is 23.5 Å². The highest BCUT2D eigenvalue weighted by atomic mass is 32.2. The Balaban J connectivity index is 1.03. The average Bonchev–Trinajstić information content (AvgIpc) is 4.02. The number of amides is 2. The molecule has 2 aliphatic rings. The molecule has 2 aliphatic heterocycles. The number of rotatable bonds is 9. The molecule has 0 bridgehead atoms. The third kappa shape index (κ3) is 7.52. The smallest absolute Gasteiger partial charge is 0.267 e. The van der Waals surface area contributed by atoms with Crippen molar-refractivity contribution in [2.45, 2.75) is 13.1 Å². The summed E-state index contributed by atoms with van der Waals surface area (Å²) in [7, 11) is 0. The molecule has 2 fully saturated rings. The first-order valence-electron chi connectivity index (χ1n) is 18.0. The molecule has 0 aliphatic carbocycles. The molecule has 0 spiro atoms. The van der Waals surface area contributed by atoms with E-state index in [1.165, 1.54) is 23.5 Å². The van der Waals surface area contributed by atoms with Crippen molar-refractivity contribution in [3.8, 4) is 11.1 Å². The second-order valence-corrected chi connectivity index (χ2v) is 15.2. The van der Waals surface area contributed by atoms with Crippen LogP contribution < -0.4 is 0 Å². The summed E-state index contributed by atoms with van der Waals surface area (Å²) in [5.74, 6) is 0.476. The molecule has 10 heteroatoms. The zero-order valence-electron chi connectivity index (χ0n) is 29.9. The summed E-state index contributed by atoms with van der Waals surface area (Å²) in [5, 5.41) is 2.23. The van der Waals surface area contributed by atoms with E-state index in [4.69, 9.17) is 14.4 Å². The summed E-state index contributed by atoms with van der Waals surface area (Å²) in [6.07, 6.45) is 7.45. The van der Waals surface area contributed by atoms with Crippen LogP contribution in [-0.4, -0.2) is 36.9 Å². The molecule has 0 radical (unpaired) electrons. The van der Waals surface area contributed by atoms with Crippen LogP contribution in [0.3, 0.4) is 0 Å². The van der Waals surface area contributed by atoms with E-state index in [0.29, 0.717) is 32.5 Å². The van der Waals surface area contributed by atoms with E-state index in [0.717, 1.165) is 50.1 Å². The zero-order chi connectivity index (χ0) is 37.8. The summed E-state index contributed by atoms with van der Waals surface area (Å²) in [5.41, 5.74) is 7.32. The zero-order valence-corrected chi connectivity index (χ0v) is 31.5. The summed E-state index contributed by atoms with van der Waals surface area (Å²) in [6.45, 7) is 0.698. The molecule has 0 saturated carbocycles. The van der Waals surface area contributed by atoms with Gasteiger partial charge in [-0.25, -0.2) is 9.98 Å². The molecule has 1 N–H and O–H groups in total. The summed E-state index contributed by atoms with van der Waals surface area (Å²) in [6, 6.07) is 47.3. The predicted octanol–water partition coefficient (Wildman–Crippen LogP) is 11.0. The van der Waals surface area contributed by atoms with Crippen molar-refractivity contribution in [2.75, 3.05) is 0 Å². The predicted molar refractivity (Wildman–Crippen MR) is 228 cm³/mol. The highest BCUT2D eigenvalue weighted by molar-refractivity contribution is 8.19. The van der Waals surface area contributed by atoms with E-state index < -0.39 is 0 Å². The molecule has 56 heavy (non-hydrogen) atoms. The summed E-state index contributed by atoms with van der Waals surface area (Å²) in [4.78, 5) is 45.5. The van der Waals surface area contributed by atoms with E-state index in [1.807, 2.05) is 152 Å². The van der Waals surface area contributed by atoms with Crippen LogP contribution in [0.1, 0.15) is 22.5 Å². The van der Waals surface area contributed by atoms with Gasteiger partial charge in [0.25, 0.3) is 11.8 Å². The molecular formula is C46H33N5O3S2. The molecule has 2 amide bonds. The molecule has 8 nitrogen and oxygen atoms in total. The standard InChI is InChI=1S/C46H33N5O3S2/c52-43-41(25-31-12-4-1-5-13-31)55-46(50(43)29-32-14-6-2-7-15-32)49-36-19-10-16-34(27-36)39-28-47-40-22-21-33(24-38(39)40)26-42-44(53)51(30-37-20-11-23-54-37)45(56-42)48-35-17-8-3-9-18-35/h1-28,47H,29-30H2. The number of carbonyl (C=O) groups excluding carboxylic acids is 2. The van der Waals surface area contributed by atoms with E-state index in [1.54, 1.807) is 16.1 Å². The van der Waals surface area contributed by atoms with Gasteiger partial charge in [-0.3, -0.25) is 19.4 Å². The highest BCUT2D eigenvalue weighted by Gasteiger charge is 2.35. The number of furan rings is 1. The number of para-hydroxylation sites is 1. The number of aliphatic imine (C=N–C) groups is 2. The van der Waals surface area contributed by atoms with Crippen LogP contribution in [0.15, 0.2) is 182 Å². The molecule has 272 valence electrons. The third-order valence-electron chi connectivity index (χ3n) is 9.32. The largest absolute Gasteiger partial charge is 0.467 e. The lowest BCUT2D eigenvalue weighted by atomic mass is 10.0. The van der Waals surface area contributed by atoms with Gasteiger partial charge in [0.1, 0.15) is 5.76 Å². The van der Waals surface area contributed by atoms with Gasteiger partial charge in [-0.2, -0.15) is 0 Å². The number of hydrogen-bond acceptors (Lipinski definition) is 7. The Morgan fingerprint density at radius 2 is 1.25 bits per heavy atom. The van der Waals surface area contributed by atoms with Gasteiger partial charge in [0.15, 0.2) is 10.3 Å². The number of benzene rings is 5. The number of thioether (sulfide) groups is 2.